The zero-order valence-electron chi connectivity index (χ0n) is 19.4. The smallest absolute Gasteiger partial charge is 0.289 e. The van der Waals surface area contributed by atoms with E-state index in [0.717, 1.165) is 17.2 Å². The molecule has 0 fully saturated rings. The van der Waals surface area contributed by atoms with Crippen LogP contribution in [0.5, 0.6) is 0 Å². The third-order valence-corrected chi connectivity index (χ3v) is 6.18. The van der Waals surface area contributed by atoms with Gasteiger partial charge in [-0.2, -0.15) is 0 Å². The molecule has 2 aromatic carbocycles. The molecule has 0 saturated heterocycles. The van der Waals surface area contributed by atoms with Crippen molar-refractivity contribution < 1.29 is 14.0 Å². The predicted molar refractivity (Wildman–Crippen MR) is 129 cm³/mol. The minimum absolute atomic E-state index is 0.0328. The van der Waals surface area contributed by atoms with Gasteiger partial charge < -0.3 is 19.2 Å². The van der Waals surface area contributed by atoms with Crippen LogP contribution in [0.1, 0.15) is 38.1 Å². The Kier molecular flexibility index (Phi) is 6.13. The molecule has 178 valence electrons. The van der Waals surface area contributed by atoms with Gasteiger partial charge in [-0.15, -0.1) is 10.2 Å². The summed E-state index contributed by atoms with van der Waals surface area (Å²) >= 11 is 0. The van der Waals surface area contributed by atoms with Crippen LogP contribution in [0.4, 0.5) is 0 Å². The van der Waals surface area contributed by atoms with Gasteiger partial charge in [0, 0.05) is 50.7 Å². The van der Waals surface area contributed by atoms with E-state index < -0.39 is 0 Å². The first-order valence-corrected chi connectivity index (χ1v) is 11.6. The van der Waals surface area contributed by atoms with Crippen molar-refractivity contribution in [3.63, 3.8) is 0 Å². The predicted octanol–water partition coefficient (Wildman–Crippen LogP) is 2.36. The summed E-state index contributed by atoms with van der Waals surface area (Å²) in [6.45, 7) is 3.80. The Morgan fingerprint density at radius 2 is 1.83 bits per heavy atom. The maximum atomic E-state index is 13.1. The highest BCUT2D eigenvalue weighted by atomic mass is 16.3. The normalized spacial score (nSPS) is 13.3. The van der Waals surface area contributed by atoms with Crippen LogP contribution in [0.3, 0.4) is 0 Å². The number of carbonyl (C=O) groups excluding carboxylic acids is 2. The number of fused-ring (bicyclic) bond motifs is 2. The van der Waals surface area contributed by atoms with Gasteiger partial charge in [0.05, 0.1) is 5.39 Å². The van der Waals surface area contributed by atoms with Crippen molar-refractivity contribution in [2.24, 2.45) is 0 Å². The average Bonchev–Trinajstić information content (AvgIpc) is 3.12. The summed E-state index contributed by atoms with van der Waals surface area (Å²) in [6, 6.07) is 15.6. The molecule has 4 aromatic rings. The molecule has 1 aliphatic rings. The highest BCUT2D eigenvalue weighted by Crippen LogP contribution is 2.16. The lowest BCUT2D eigenvalue weighted by Crippen LogP contribution is -2.34. The van der Waals surface area contributed by atoms with Gasteiger partial charge in [0.2, 0.25) is 0 Å². The molecular weight excluding hydrogens is 446 g/mol. The minimum atomic E-state index is -0.321. The number of hydrogen-bond acceptors (Lipinski definition) is 6. The lowest BCUT2D eigenvalue weighted by atomic mass is 10.1. The second-order valence-corrected chi connectivity index (χ2v) is 8.57. The monoisotopic (exact) mass is 471 g/mol. The Hall–Kier alpha value is -4.27. The first-order chi connectivity index (χ1) is 17.0. The zero-order chi connectivity index (χ0) is 24.4. The molecular formula is C26H25N5O4. The summed E-state index contributed by atoms with van der Waals surface area (Å²) in [5.41, 5.74) is 1.87. The van der Waals surface area contributed by atoms with Crippen molar-refractivity contribution in [1.82, 2.24) is 25.0 Å². The maximum absolute atomic E-state index is 13.1. The van der Waals surface area contributed by atoms with Gasteiger partial charge in [0.25, 0.3) is 11.8 Å². The minimum Gasteiger partial charge on any atom is -0.451 e. The van der Waals surface area contributed by atoms with E-state index in [4.69, 9.17) is 4.42 Å². The molecule has 0 saturated carbocycles. The third kappa shape index (κ3) is 4.70. The number of amides is 2. The van der Waals surface area contributed by atoms with Gasteiger partial charge >= 0.3 is 0 Å². The van der Waals surface area contributed by atoms with Crippen molar-refractivity contribution in [2.75, 3.05) is 19.6 Å². The highest BCUT2D eigenvalue weighted by Gasteiger charge is 2.24. The lowest BCUT2D eigenvalue weighted by molar-refractivity contribution is 0.0727. The van der Waals surface area contributed by atoms with E-state index in [-0.39, 0.29) is 23.0 Å². The number of nitrogens with one attached hydrogen (secondary N) is 1. The van der Waals surface area contributed by atoms with Crippen LogP contribution < -0.4 is 10.7 Å². The molecule has 0 bridgehead atoms. The molecule has 9 nitrogen and oxygen atoms in total. The van der Waals surface area contributed by atoms with Crippen molar-refractivity contribution >= 4 is 22.8 Å². The first-order valence-electron chi connectivity index (χ1n) is 11.6. The molecule has 0 spiro atoms. The Morgan fingerprint density at radius 3 is 2.66 bits per heavy atom. The van der Waals surface area contributed by atoms with Crippen LogP contribution in [-0.4, -0.2) is 51.1 Å². The van der Waals surface area contributed by atoms with Gasteiger partial charge in [0.15, 0.2) is 11.2 Å². The Morgan fingerprint density at radius 1 is 1.03 bits per heavy atom. The summed E-state index contributed by atoms with van der Waals surface area (Å²) in [6.07, 6.45) is 1.06. The molecule has 0 radical (unpaired) electrons. The van der Waals surface area contributed by atoms with Crippen LogP contribution in [0.15, 0.2) is 63.8 Å². The van der Waals surface area contributed by atoms with E-state index in [1.807, 2.05) is 23.6 Å². The molecule has 5 rings (SSSR count). The van der Waals surface area contributed by atoms with E-state index in [9.17, 15) is 14.4 Å². The molecule has 0 atom stereocenters. The number of aromatic nitrogens is 3. The molecule has 9 heteroatoms. The molecule has 0 aliphatic carbocycles. The van der Waals surface area contributed by atoms with Crippen LogP contribution >= 0.6 is 0 Å². The second-order valence-electron chi connectivity index (χ2n) is 8.57. The summed E-state index contributed by atoms with van der Waals surface area (Å²) in [5, 5.41) is 12.0. The molecule has 1 aliphatic heterocycles. The maximum Gasteiger partial charge on any atom is 0.289 e. The van der Waals surface area contributed by atoms with Crippen molar-refractivity contribution in [1.29, 1.82) is 0 Å². The Bertz CT molecular complexity index is 1450. The summed E-state index contributed by atoms with van der Waals surface area (Å²) < 4.78 is 7.73. The molecule has 0 unspecified atom stereocenters. The number of carbonyl (C=O) groups is 2. The highest BCUT2D eigenvalue weighted by molar-refractivity contribution is 5.94. The topological polar surface area (TPSA) is 110 Å². The SMILES string of the molecule is Cc1ccc(C(=O)NCCc2nnc3n2CCN(C(=O)c2cc(=O)c4ccccc4o2)CC3)cc1. The van der Waals surface area contributed by atoms with Gasteiger partial charge in [0.1, 0.15) is 17.2 Å². The first kappa shape index (κ1) is 22.5. The van der Waals surface area contributed by atoms with Crippen LogP contribution in [0.2, 0.25) is 0 Å². The van der Waals surface area contributed by atoms with Gasteiger partial charge in [-0.25, -0.2) is 0 Å². The van der Waals surface area contributed by atoms with Gasteiger partial charge in [-0.3, -0.25) is 14.4 Å². The number of benzene rings is 2. The molecule has 1 N–H and O–H groups in total. The molecule has 2 aromatic heterocycles. The number of nitrogens with zero attached hydrogens (tertiary/aromatic N) is 4. The van der Waals surface area contributed by atoms with Gasteiger partial charge in [-0.1, -0.05) is 29.8 Å². The number of hydrogen-bond donors (Lipinski definition) is 1. The standard InChI is InChI=1S/C26H25N5O4/c1-17-6-8-18(9-7-17)25(33)27-12-10-23-28-29-24-11-13-30(14-15-31(23)24)26(34)22-16-20(32)19-4-2-3-5-21(19)35-22/h2-9,16H,10-15H2,1H3,(H,27,33). The Labute approximate surface area is 201 Å². The average molecular weight is 472 g/mol. The van der Waals surface area contributed by atoms with E-state index in [1.54, 1.807) is 41.3 Å². The fourth-order valence-corrected chi connectivity index (χ4v) is 4.23. The second kappa shape index (κ2) is 9.54. The number of para-hydroxylation sites is 1. The van der Waals surface area contributed by atoms with E-state index in [0.29, 0.717) is 55.6 Å². The van der Waals surface area contributed by atoms with Crippen LogP contribution in [0.25, 0.3) is 11.0 Å². The largest absolute Gasteiger partial charge is 0.451 e. The lowest BCUT2D eigenvalue weighted by Gasteiger charge is -2.19. The van der Waals surface area contributed by atoms with E-state index in [1.165, 1.54) is 6.07 Å². The summed E-state index contributed by atoms with van der Waals surface area (Å²) in [5.74, 6) is 1.13. The quantitative estimate of drug-likeness (QED) is 0.479. The van der Waals surface area contributed by atoms with Gasteiger partial charge in [-0.05, 0) is 31.2 Å². The zero-order valence-corrected chi connectivity index (χ0v) is 19.4. The number of rotatable bonds is 5. The van der Waals surface area contributed by atoms with E-state index >= 15 is 0 Å². The molecule has 2 amide bonds. The molecule has 35 heavy (non-hydrogen) atoms. The Balaban J connectivity index is 1.23. The number of aryl methyl sites for hydroxylation is 1. The van der Waals surface area contributed by atoms with Crippen LogP contribution in [0, 0.1) is 6.92 Å². The van der Waals surface area contributed by atoms with Crippen molar-refractivity contribution in [3.8, 4) is 0 Å². The van der Waals surface area contributed by atoms with Crippen molar-refractivity contribution in [2.45, 2.75) is 26.3 Å². The summed E-state index contributed by atoms with van der Waals surface area (Å²) in [7, 11) is 0. The van der Waals surface area contributed by atoms with E-state index in [2.05, 4.69) is 15.5 Å². The van der Waals surface area contributed by atoms with Crippen LogP contribution in [-0.2, 0) is 19.4 Å². The molecule has 3 heterocycles. The van der Waals surface area contributed by atoms with Crippen molar-refractivity contribution in [3.05, 3.63) is 93.4 Å². The fraction of sp³-hybridized carbons (Fsp3) is 0.269. The third-order valence-electron chi connectivity index (χ3n) is 6.18. The summed E-state index contributed by atoms with van der Waals surface area (Å²) in [4.78, 5) is 39.5. The fourth-order valence-electron chi connectivity index (χ4n) is 4.23.